The number of hydrogen-bond donors (Lipinski definition) is 0. The van der Waals surface area contributed by atoms with Gasteiger partial charge in [-0.25, -0.2) is 0 Å². The lowest BCUT2D eigenvalue weighted by molar-refractivity contribution is -0.104. The number of carbonyl (C=O) groups is 1. The second kappa shape index (κ2) is 5.99. The van der Waals surface area contributed by atoms with E-state index in [1.165, 1.54) is 5.56 Å². The summed E-state index contributed by atoms with van der Waals surface area (Å²) in [6.07, 6.45) is 2.54. The van der Waals surface area contributed by atoms with Gasteiger partial charge in [0.25, 0.3) is 0 Å². The number of hydrazone groups is 1. The van der Waals surface area contributed by atoms with Gasteiger partial charge in [0.1, 0.15) is 6.29 Å². The summed E-state index contributed by atoms with van der Waals surface area (Å²) in [5, 5.41) is 6.08. The number of hydrogen-bond acceptors (Lipinski definition) is 3. The molecule has 3 heteroatoms. The third-order valence-electron chi connectivity index (χ3n) is 2.60. The first-order valence-electron chi connectivity index (χ1n) is 5.51. The van der Waals surface area contributed by atoms with Gasteiger partial charge in [-0.3, -0.25) is 9.80 Å². The predicted octanol–water partition coefficient (Wildman–Crippen LogP) is 2.95. The summed E-state index contributed by atoms with van der Waals surface area (Å²) >= 11 is 0. The predicted molar refractivity (Wildman–Crippen MR) is 72.5 cm³/mol. The van der Waals surface area contributed by atoms with Gasteiger partial charge in [-0.2, -0.15) is 5.10 Å². The molecule has 0 saturated carbocycles. The van der Waals surface area contributed by atoms with Crippen molar-refractivity contribution in [1.82, 2.24) is 0 Å². The van der Waals surface area contributed by atoms with Gasteiger partial charge in [-0.05, 0) is 49.6 Å². The molecule has 0 atom stereocenters. The Morgan fingerprint density at radius 3 is 2.59 bits per heavy atom. The van der Waals surface area contributed by atoms with Crippen LogP contribution >= 0.6 is 0 Å². The van der Waals surface area contributed by atoms with Crippen molar-refractivity contribution in [2.45, 2.75) is 20.8 Å². The summed E-state index contributed by atoms with van der Waals surface area (Å²) in [5.41, 5.74) is 3.80. The number of nitrogens with zero attached hydrogens (tertiary/aromatic N) is 2. The van der Waals surface area contributed by atoms with Crippen molar-refractivity contribution in [3.8, 4) is 0 Å². The van der Waals surface area contributed by atoms with Gasteiger partial charge in [0.15, 0.2) is 0 Å². The lowest BCUT2D eigenvalue weighted by Crippen LogP contribution is -2.09. The summed E-state index contributed by atoms with van der Waals surface area (Å²) < 4.78 is 0. The van der Waals surface area contributed by atoms with Crippen molar-refractivity contribution < 1.29 is 4.79 Å². The number of benzene rings is 1. The second-order valence-corrected chi connectivity index (χ2v) is 4.09. The maximum absolute atomic E-state index is 10.6. The summed E-state index contributed by atoms with van der Waals surface area (Å²) in [7, 11) is 1.88. The fourth-order valence-corrected chi connectivity index (χ4v) is 1.26. The molecule has 0 aliphatic carbocycles. The summed E-state index contributed by atoms with van der Waals surface area (Å²) in [5.74, 6) is 0. The number of aryl methyl sites for hydroxylation is 1. The largest absolute Gasteiger partial charge is 0.298 e. The third-order valence-corrected chi connectivity index (χ3v) is 2.60. The molecule has 90 valence electrons. The molecular formula is C14H18N2O. The van der Waals surface area contributed by atoms with Gasteiger partial charge < -0.3 is 0 Å². The van der Waals surface area contributed by atoms with E-state index in [9.17, 15) is 4.79 Å². The molecule has 0 N–H and O–H groups in total. The molecule has 1 aromatic carbocycles. The van der Waals surface area contributed by atoms with Crippen LogP contribution in [0.15, 0.2) is 40.5 Å². The molecule has 0 amide bonds. The highest BCUT2D eigenvalue weighted by Gasteiger charge is 1.98. The summed E-state index contributed by atoms with van der Waals surface area (Å²) in [6, 6.07) is 8.09. The number of rotatable bonds is 4. The number of aldehydes is 1. The van der Waals surface area contributed by atoms with E-state index >= 15 is 0 Å². The van der Waals surface area contributed by atoms with Crippen LogP contribution in [0.4, 0.5) is 5.69 Å². The molecule has 1 rings (SSSR count). The van der Waals surface area contributed by atoms with E-state index in [0.29, 0.717) is 5.57 Å². The van der Waals surface area contributed by atoms with Crippen LogP contribution in [0.3, 0.4) is 0 Å². The van der Waals surface area contributed by atoms with Crippen LogP contribution in [-0.2, 0) is 4.79 Å². The van der Waals surface area contributed by atoms with Crippen LogP contribution in [-0.4, -0.2) is 19.5 Å². The quantitative estimate of drug-likeness (QED) is 0.345. The SMILES string of the molecule is C/C(C=O)=C(C)/C=N\N(C)c1cccc(C)c1. The number of carbonyl (C=O) groups excluding carboxylic acids is 1. The van der Waals surface area contributed by atoms with Crippen LogP contribution < -0.4 is 5.01 Å². The van der Waals surface area contributed by atoms with E-state index < -0.39 is 0 Å². The molecule has 0 spiro atoms. The average Bonchev–Trinajstić information content (AvgIpc) is 2.34. The van der Waals surface area contributed by atoms with Crippen LogP contribution in [0.1, 0.15) is 19.4 Å². The van der Waals surface area contributed by atoms with Crippen molar-refractivity contribution in [1.29, 1.82) is 0 Å². The molecule has 17 heavy (non-hydrogen) atoms. The zero-order valence-corrected chi connectivity index (χ0v) is 10.8. The lowest BCUT2D eigenvalue weighted by Gasteiger charge is -2.13. The Morgan fingerprint density at radius 1 is 1.29 bits per heavy atom. The molecule has 0 saturated heterocycles. The Kier molecular flexibility index (Phi) is 4.64. The highest BCUT2D eigenvalue weighted by molar-refractivity contribution is 5.88. The molecule has 0 radical (unpaired) electrons. The van der Waals surface area contributed by atoms with E-state index in [2.05, 4.69) is 11.2 Å². The highest BCUT2D eigenvalue weighted by atomic mass is 16.1. The molecule has 0 aliphatic rings. The van der Waals surface area contributed by atoms with Crippen LogP contribution in [0.5, 0.6) is 0 Å². The molecular weight excluding hydrogens is 212 g/mol. The summed E-state index contributed by atoms with van der Waals surface area (Å²) in [6.45, 7) is 5.70. The number of allylic oxidation sites excluding steroid dienone is 2. The molecule has 3 nitrogen and oxygen atoms in total. The fourth-order valence-electron chi connectivity index (χ4n) is 1.26. The van der Waals surface area contributed by atoms with Gasteiger partial charge in [0.2, 0.25) is 0 Å². The van der Waals surface area contributed by atoms with Gasteiger partial charge in [-0.1, -0.05) is 12.1 Å². The first-order chi connectivity index (χ1) is 8.04. The van der Waals surface area contributed by atoms with E-state index in [4.69, 9.17) is 0 Å². The molecule has 0 heterocycles. The van der Waals surface area contributed by atoms with Crippen LogP contribution in [0.2, 0.25) is 0 Å². The molecule has 0 aliphatic heterocycles. The highest BCUT2D eigenvalue weighted by Crippen LogP contribution is 2.14. The lowest BCUT2D eigenvalue weighted by atomic mass is 10.2. The average molecular weight is 230 g/mol. The molecule has 0 unspecified atom stereocenters. The maximum Gasteiger partial charge on any atom is 0.146 e. The van der Waals surface area contributed by atoms with Gasteiger partial charge in [0, 0.05) is 7.05 Å². The molecule has 0 fully saturated rings. The Bertz CT molecular complexity index is 461. The van der Waals surface area contributed by atoms with Crippen molar-refractivity contribution in [2.75, 3.05) is 12.1 Å². The Labute approximate surface area is 102 Å². The Balaban J connectivity index is 2.83. The van der Waals surface area contributed by atoms with Gasteiger partial charge in [-0.15, -0.1) is 0 Å². The molecule has 1 aromatic rings. The normalized spacial score (nSPS) is 12.5. The first kappa shape index (κ1) is 13.2. The first-order valence-corrected chi connectivity index (χ1v) is 5.51. The number of anilines is 1. The van der Waals surface area contributed by atoms with Gasteiger partial charge in [0.05, 0.1) is 11.9 Å². The standard InChI is InChI=1S/C14H18N2O/c1-11-6-5-7-14(8-11)16(4)15-9-12(2)13(3)10-17/h5-10H,1-4H3/b13-12-,15-9-. The molecule has 0 aromatic heterocycles. The van der Waals surface area contributed by atoms with E-state index in [1.807, 2.05) is 39.1 Å². The second-order valence-electron chi connectivity index (χ2n) is 4.09. The van der Waals surface area contributed by atoms with Gasteiger partial charge >= 0.3 is 0 Å². The van der Waals surface area contributed by atoms with Crippen molar-refractivity contribution >= 4 is 18.2 Å². The van der Waals surface area contributed by atoms with E-state index in [0.717, 1.165) is 17.5 Å². The monoisotopic (exact) mass is 230 g/mol. The van der Waals surface area contributed by atoms with Crippen molar-refractivity contribution in [2.24, 2.45) is 5.10 Å². The van der Waals surface area contributed by atoms with Crippen LogP contribution in [0.25, 0.3) is 0 Å². The topological polar surface area (TPSA) is 32.7 Å². The smallest absolute Gasteiger partial charge is 0.146 e. The Hall–Kier alpha value is -1.90. The zero-order valence-electron chi connectivity index (χ0n) is 10.8. The third kappa shape index (κ3) is 3.87. The minimum atomic E-state index is 0.700. The maximum atomic E-state index is 10.6. The van der Waals surface area contributed by atoms with Crippen LogP contribution in [0, 0.1) is 6.92 Å². The Morgan fingerprint density at radius 2 is 2.00 bits per heavy atom. The minimum Gasteiger partial charge on any atom is -0.298 e. The fraction of sp³-hybridized carbons (Fsp3) is 0.286. The van der Waals surface area contributed by atoms with E-state index in [1.54, 1.807) is 18.1 Å². The molecule has 0 bridgehead atoms. The minimum absolute atomic E-state index is 0.700. The van der Waals surface area contributed by atoms with E-state index in [-0.39, 0.29) is 0 Å². The summed E-state index contributed by atoms with van der Waals surface area (Å²) in [4.78, 5) is 10.6. The zero-order chi connectivity index (χ0) is 12.8. The van der Waals surface area contributed by atoms with Crippen molar-refractivity contribution in [3.63, 3.8) is 0 Å². The van der Waals surface area contributed by atoms with Crippen molar-refractivity contribution in [3.05, 3.63) is 41.0 Å².